The molecule has 61 heavy (non-hydrogen) atoms. The lowest BCUT2D eigenvalue weighted by Crippen LogP contribution is -2.41. The maximum atomic E-state index is 13.5. The summed E-state index contributed by atoms with van der Waals surface area (Å²) in [6.07, 6.45) is 8.41. The Morgan fingerprint density at radius 1 is 0.607 bits per heavy atom. The van der Waals surface area contributed by atoms with Crippen LogP contribution in [0.2, 0.25) is 20.1 Å². The van der Waals surface area contributed by atoms with Gasteiger partial charge in [0.2, 0.25) is 11.8 Å². The first-order chi connectivity index (χ1) is 29.1. The van der Waals surface area contributed by atoms with E-state index in [0.29, 0.717) is 59.7 Å². The van der Waals surface area contributed by atoms with Crippen LogP contribution in [0.1, 0.15) is 87.5 Å². The first-order valence-electron chi connectivity index (χ1n) is 20.4. The van der Waals surface area contributed by atoms with Gasteiger partial charge in [-0.2, -0.15) is 0 Å². The Balaban J connectivity index is 1.46. The molecule has 2 N–H and O–H groups in total. The molecule has 2 fully saturated rings. The van der Waals surface area contributed by atoms with Crippen molar-refractivity contribution >= 4 is 94.1 Å². The zero-order valence-corrected chi connectivity index (χ0v) is 38.2. The number of carboxylic acid groups (broad SMARTS) is 2. The minimum absolute atomic E-state index is 0.134. The highest BCUT2D eigenvalue weighted by Gasteiger charge is 2.29. The molecule has 0 saturated carbocycles. The van der Waals surface area contributed by atoms with Crippen LogP contribution < -0.4 is 0 Å². The molecule has 0 spiro atoms. The van der Waals surface area contributed by atoms with Crippen molar-refractivity contribution in [2.45, 2.75) is 75.0 Å². The smallest absolute Gasteiger partial charge is 0.308 e. The number of nitrogens with zero attached hydrogens (tertiary/aromatic N) is 2. The van der Waals surface area contributed by atoms with Crippen LogP contribution in [-0.4, -0.2) is 69.9 Å². The number of amides is 2. The second-order valence-electron chi connectivity index (χ2n) is 16.1. The van der Waals surface area contributed by atoms with Crippen LogP contribution in [0.5, 0.6) is 0 Å². The molecule has 2 unspecified atom stereocenters. The number of hydrogen-bond acceptors (Lipinski definition) is 5. The summed E-state index contributed by atoms with van der Waals surface area (Å²) in [5.74, 6) is -3.41. The summed E-state index contributed by atoms with van der Waals surface area (Å²) in [5.41, 5.74) is 6.46. The number of halogens is 4. The van der Waals surface area contributed by atoms with Gasteiger partial charge in [-0.3, -0.25) is 19.2 Å². The highest BCUT2D eigenvalue weighted by Crippen LogP contribution is 2.50. The molecule has 0 radical (unpaired) electrons. The van der Waals surface area contributed by atoms with Crippen LogP contribution in [0.3, 0.4) is 0 Å². The van der Waals surface area contributed by atoms with E-state index in [9.17, 15) is 29.4 Å². The van der Waals surface area contributed by atoms with Gasteiger partial charge < -0.3 is 20.0 Å². The van der Waals surface area contributed by atoms with Gasteiger partial charge in [-0.15, -0.1) is 0 Å². The monoisotopic (exact) mass is 920 g/mol. The molecule has 6 rings (SSSR count). The van der Waals surface area contributed by atoms with Gasteiger partial charge in [-0.1, -0.05) is 134 Å². The van der Waals surface area contributed by atoms with Gasteiger partial charge >= 0.3 is 11.9 Å². The van der Waals surface area contributed by atoms with E-state index in [2.05, 4.69) is 39.8 Å². The zero-order valence-electron chi connectivity index (χ0n) is 34.4. The summed E-state index contributed by atoms with van der Waals surface area (Å²) in [6, 6.07) is 19.8. The first kappa shape index (κ1) is 46.3. The Morgan fingerprint density at radius 3 is 1.34 bits per heavy atom. The Hall–Kier alpha value is -4.25. The minimum Gasteiger partial charge on any atom is -0.481 e. The summed E-state index contributed by atoms with van der Waals surface area (Å²) < 4.78 is 0. The highest BCUT2D eigenvalue weighted by molar-refractivity contribution is 7.99. The molecule has 4 aromatic carbocycles. The van der Waals surface area contributed by atoms with Gasteiger partial charge in [0.15, 0.2) is 0 Å². The van der Waals surface area contributed by atoms with Crippen LogP contribution >= 0.6 is 58.2 Å². The summed E-state index contributed by atoms with van der Waals surface area (Å²) >= 11 is 30.0. The fourth-order valence-electron chi connectivity index (χ4n) is 8.04. The largest absolute Gasteiger partial charge is 0.481 e. The van der Waals surface area contributed by atoms with E-state index in [1.165, 1.54) is 23.9 Å². The molecular formula is C48H48Cl4N2O6S. The fraction of sp³-hybridized carbons (Fsp3) is 0.333. The van der Waals surface area contributed by atoms with E-state index < -0.39 is 23.8 Å². The molecule has 2 aliphatic heterocycles. The van der Waals surface area contributed by atoms with Crippen LogP contribution in [0.4, 0.5) is 0 Å². The van der Waals surface area contributed by atoms with Gasteiger partial charge in [-0.05, 0) is 95.2 Å². The van der Waals surface area contributed by atoms with Gasteiger partial charge in [0.05, 0.1) is 31.9 Å². The zero-order chi connectivity index (χ0) is 44.1. The third-order valence-electron chi connectivity index (χ3n) is 11.3. The third kappa shape index (κ3) is 10.5. The van der Waals surface area contributed by atoms with E-state index in [-0.39, 0.29) is 56.8 Å². The van der Waals surface area contributed by atoms with E-state index in [1.54, 1.807) is 22.0 Å². The van der Waals surface area contributed by atoms with E-state index >= 15 is 0 Å². The fourth-order valence-corrected chi connectivity index (χ4v) is 10.2. The number of carbonyl (C=O) groups excluding carboxylic acids is 2. The Morgan fingerprint density at radius 2 is 0.984 bits per heavy atom. The van der Waals surface area contributed by atoms with Crippen molar-refractivity contribution in [2.24, 2.45) is 11.8 Å². The molecular weight excluding hydrogens is 874 g/mol. The molecule has 2 aliphatic rings. The number of benzene rings is 4. The van der Waals surface area contributed by atoms with Crippen molar-refractivity contribution < 1.29 is 29.4 Å². The van der Waals surface area contributed by atoms with E-state index in [0.717, 1.165) is 33.4 Å². The molecule has 13 heteroatoms. The van der Waals surface area contributed by atoms with Crippen LogP contribution in [0, 0.1) is 11.8 Å². The Labute approximate surface area is 381 Å². The lowest BCUT2D eigenvalue weighted by atomic mass is 9.90. The standard InChI is InChI=1S/C48H48Cl4N2O6S/c1-27(2)31-13-5-7-15-33(31)37-23-39(45(51)43(49)35(37)17-19-41(55)53-21-9-11-29(25-53)47(57)58)61-40-24-38(34-16-8-6-14-32(34)28(3)4)36(44(50)46(40)52)18-20-42(56)54-22-10-12-30(26-54)48(59)60/h5-8,13-20,23-24,27-30H,9-12,21-22,25-26H2,1-4H3,(H,57,58)(H,59,60)/b19-17+,20-18+. The highest BCUT2D eigenvalue weighted by atomic mass is 35.5. The number of piperidine rings is 2. The summed E-state index contributed by atoms with van der Waals surface area (Å²) in [5, 5.41) is 20.1. The van der Waals surface area contributed by atoms with Crippen molar-refractivity contribution in [3.63, 3.8) is 0 Å². The van der Waals surface area contributed by atoms with Crippen molar-refractivity contribution in [3.05, 3.63) is 115 Å². The quantitative estimate of drug-likeness (QED) is 0.136. The van der Waals surface area contributed by atoms with Crippen LogP contribution in [0.15, 0.2) is 82.6 Å². The van der Waals surface area contributed by atoms with Crippen molar-refractivity contribution in [1.82, 2.24) is 9.80 Å². The molecule has 320 valence electrons. The molecule has 8 nitrogen and oxygen atoms in total. The molecule has 0 bridgehead atoms. The average Bonchev–Trinajstić information content (AvgIpc) is 3.25. The van der Waals surface area contributed by atoms with Gasteiger partial charge in [0, 0.05) is 59.2 Å². The molecule has 2 saturated heterocycles. The summed E-state index contributed by atoms with van der Waals surface area (Å²) in [7, 11) is 0. The maximum absolute atomic E-state index is 13.5. The lowest BCUT2D eigenvalue weighted by Gasteiger charge is -2.29. The number of carbonyl (C=O) groups is 4. The van der Waals surface area contributed by atoms with Crippen LogP contribution in [0.25, 0.3) is 34.4 Å². The maximum Gasteiger partial charge on any atom is 0.308 e. The average molecular weight is 923 g/mol. The minimum atomic E-state index is -0.916. The third-order valence-corrected chi connectivity index (χ3v) is 14.4. The molecule has 4 aromatic rings. The predicted octanol–water partition coefficient (Wildman–Crippen LogP) is 12.7. The second-order valence-corrected chi connectivity index (χ2v) is 18.7. The molecule has 0 aliphatic carbocycles. The summed E-state index contributed by atoms with van der Waals surface area (Å²) in [6.45, 7) is 9.59. The summed E-state index contributed by atoms with van der Waals surface area (Å²) in [4.78, 5) is 54.7. The van der Waals surface area contributed by atoms with Crippen LogP contribution in [-0.2, 0) is 19.2 Å². The Bertz CT molecular complexity index is 2250. The lowest BCUT2D eigenvalue weighted by molar-refractivity contribution is -0.146. The number of aliphatic carboxylic acids is 2. The first-order valence-corrected chi connectivity index (χ1v) is 22.7. The van der Waals surface area contributed by atoms with Gasteiger partial charge in [-0.25, -0.2) is 0 Å². The SMILES string of the molecule is CC(C)c1ccccc1-c1cc(Sc2cc(-c3ccccc3C(C)C)c(/C=C/C(=O)N3CCCC(C(=O)O)C3)c(Cl)c2Cl)c(Cl)c(Cl)c1/C=C/C(=O)N1CCCC(C(=O)O)C1. The van der Waals surface area contributed by atoms with Gasteiger partial charge in [0.1, 0.15) is 0 Å². The molecule has 2 atom stereocenters. The second kappa shape index (κ2) is 20.3. The van der Waals surface area contributed by atoms with E-state index in [1.807, 2.05) is 48.5 Å². The molecule has 2 amide bonds. The number of likely N-dealkylation sites (tertiary alicyclic amines) is 2. The predicted molar refractivity (Wildman–Crippen MR) is 248 cm³/mol. The molecule has 0 aromatic heterocycles. The number of rotatable bonds is 12. The molecule has 2 heterocycles. The van der Waals surface area contributed by atoms with Crippen molar-refractivity contribution in [3.8, 4) is 22.3 Å². The van der Waals surface area contributed by atoms with Crippen molar-refractivity contribution in [2.75, 3.05) is 26.2 Å². The van der Waals surface area contributed by atoms with Crippen molar-refractivity contribution in [1.29, 1.82) is 0 Å². The van der Waals surface area contributed by atoms with E-state index in [4.69, 9.17) is 46.4 Å². The number of hydrogen-bond donors (Lipinski definition) is 2. The van der Waals surface area contributed by atoms with Gasteiger partial charge in [0.25, 0.3) is 0 Å². The Kier molecular flexibility index (Phi) is 15.4. The normalized spacial score (nSPS) is 17.2. The number of carboxylic acids is 2. The topological polar surface area (TPSA) is 115 Å².